The summed E-state index contributed by atoms with van der Waals surface area (Å²) in [6.45, 7) is 8.47. The molecule has 21 heavy (non-hydrogen) atoms. The average molecular weight is 299 g/mol. The average Bonchev–Trinajstić information content (AvgIpc) is 2.29. The number of carboxylic acids is 1. The molecular weight excluding hydrogens is 274 g/mol. The van der Waals surface area contributed by atoms with Crippen molar-refractivity contribution in [3.05, 3.63) is 0 Å². The number of piperazine rings is 1. The molecule has 7 nitrogen and oxygen atoms in total. The van der Waals surface area contributed by atoms with Crippen LogP contribution in [0.5, 0.6) is 0 Å². The van der Waals surface area contributed by atoms with Crippen molar-refractivity contribution < 1.29 is 19.5 Å². The van der Waals surface area contributed by atoms with Crippen LogP contribution in [0, 0.1) is 5.41 Å². The van der Waals surface area contributed by atoms with Crippen LogP contribution in [-0.2, 0) is 9.59 Å². The maximum atomic E-state index is 12.3. The Balaban J connectivity index is 2.70. The van der Waals surface area contributed by atoms with Crippen LogP contribution in [0.15, 0.2) is 0 Å². The first-order valence-electron chi connectivity index (χ1n) is 7.17. The molecule has 3 N–H and O–H groups in total. The normalized spacial score (nSPS) is 20.7. The Kier molecular flexibility index (Phi) is 5.57. The third-order valence-corrected chi connectivity index (χ3v) is 3.37. The molecule has 0 aromatic heterocycles. The maximum absolute atomic E-state index is 12.3. The minimum absolute atomic E-state index is 0.0989. The van der Waals surface area contributed by atoms with Crippen molar-refractivity contribution >= 4 is 17.9 Å². The van der Waals surface area contributed by atoms with E-state index in [9.17, 15) is 14.4 Å². The Morgan fingerprint density at radius 2 is 2.10 bits per heavy atom. The van der Waals surface area contributed by atoms with Crippen molar-refractivity contribution in [2.24, 2.45) is 5.41 Å². The second-order valence-electron chi connectivity index (χ2n) is 6.67. The highest BCUT2D eigenvalue weighted by molar-refractivity contribution is 5.88. The van der Waals surface area contributed by atoms with E-state index in [0.29, 0.717) is 19.5 Å². The summed E-state index contributed by atoms with van der Waals surface area (Å²) in [4.78, 5) is 36.2. The standard InChI is InChI=1S/C14H25N3O4/c1-9-12(20)15-5-6-17(9)13(21)16-10(7-11(18)19)8-14(2,3)4/h9-10H,5-8H2,1-4H3,(H,15,20)(H,16,21)(H,18,19). The molecule has 1 rings (SSSR count). The van der Waals surface area contributed by atoms with Gasteiger partial charge in [-0.1, -0.05) is 20.8 Å². The van der Waals surface area contributed by atoms with Crippen LogP contribution in [0.2, 0.25) is 0 Å². The van der Waals surface area contributed by atoms with Crippen LogP contribution in [0.4, 0.5) is 4.79 Å². The van der Waals surface area contributed by atoms with Crippen molar-refractivity contribution in [1.82, 2.24) is 15.5 Å². The van der Waals surface area contributed by atoms with Gasteiger partial charge in [0.05, 0.1) is 6.42 Å². The van der Waals surface area contributed by atoms with Crippen molar-refractivity contribution in [3.63, 3.8) is 0 Å². The molecule has 2 unspecified atom stereocenters. The predicted octanol–water partition coefficient (Wildman–Crippen LogP) is 0.796. The zero-order valence-corrected chi connectivity index (χ0v) is 13.1. The largest absolute Gasteiger partial charge is 0.481 e. The van der Waals surface area contributed by atoms with Crippen molar-refractivity contribution in [3.8, 4) is 0 Å². The SMILES string of the molecule is CC1C(=O)NCCN1C(=O)NC(CC(=O)O)CC(C)(C)C. The number of rotatable bonds is 4. The monoisotopic (exact) mass is 299 g/mol. The first-order valence-corrected chi connectivity index (χ1v) is 7.17. The van der Waals surface area contributed by atoms with Gasteiger partial charge in [-0.15, -0.1) is 0 Å². The van der Waals surface area contributed by atoms with Crippen LogP contribution >= 0.6 is 0 Å². The zero-order valence-electron chi connectivity index (χ0n) is 13.1. The lowest BCUT2D eigenvalue weighted by atomic mass is 9.87. The molecule has 0 bridgehead atoms. The molecule has 0 aromatic carbocycles. The van der Waals surface area contributed by atoms with E-state index in [-0.39, 0.29) is 23.8 Å². The summed E-state index contributed by atoms with van der Waals surface area (Å²) in [5, 5.41) is 14.4. The van der Waals surface area contributed by atoms with Crippen LogP contribution in [-0.4, -0.2) is 53.1 Å². The molecule has 120 valence electrons. The summed E-state index contributed by atoms with van der Waals surface area (Å²) < 4.78 is 0. The van der Waals surface area contributed by atoms with Crippen molar-refractivity contribution in [1.29, 1.82) is 0 Å². The minimum atomic E-state index is -0.950. The number of carbonyl (C=O) groups excluding carboxylic acids is 2. The number of urea groups is 1. The first-order chi connectivity index (χ1) is 9.60. The molecular formula is C14H25N3O4. The highest BCUT2D eigenvalue weighted by Gasteiger charge is 2.31. The lowest BCUT2D eigenvalue weighted by molar-refractivity contribution is -0.137. The van der Waals surface area contributed by atoms with Crippen LogP contribution in [0.25, 0.3) is 0 Å². The summed E-state index contributed by atoms with van der Waals surface area (Å²) in [6.07, 6.45) is 0.427. The lowest BCUT2D eigenvalue weighted by Gasteiger charge is -2.35. The number of carboxylic acid groups (broad SMARTS) is 1. The quantitative estimate of drug-likeness (QED) is 0.715. The molecule has 0 spiro atoms. The number of carbonyl (C=O) groups is 3. The summed E-state index contributed by atoms with van der Waals surface area (Å²) in [5.74, 6) is -1.14. The van der Waals surface area contributed by atoms with Crippen LogP contribution < -0.4 is 10.6 Å². The molecule has 1 heterocycles. The molecule has 2 atom stereocenters. The number of hydrogen-bond donors (Lipinski definition) is 3. The zero-order chi connectivity index (χ0) is 16.2. The Labute approximate surface area is 125 Å². The Morgan fingerprint density at radius 1 is 1.48 bits per heavy atom. The van der Waals surface area contributed by atoms with Gasteiger partial charge in [-0.3, -0.25) is 9.59 Å². The van der Waals surface area contributed by atoms with Gasteiger partial charge >= 0.3 is 12.0 Å². The van der Waals surface area contributed by atoms with Crippen molar-refractivity contribution in [2.45, 2.75) is 52.6 Å². The number of nitrogens with one attached hydrogen (secondary N) is 2. The van der Waals surface area contributed by atoms with Gasteiger partial charge in [0.2, 0.25) is 5.91 Å². The molecule has 1 fully saturated rings. The number of aliphatic carboxylic acids is 1. The second-order valence-corrected chi connectivity index (χ2v) is 6.67. The van der Waals surface area contributed by atoms with E-state index >= 15 is 0 Å². The van der Waals surface area contributed by atoms with Gasteiger partial charge < -0.3 is 20.6 Å². The molecule has 1 saturated heterocycles. The molecule has 0 aromatic rings. The molecule has 0 aliphatic carbocycles. The van der Waals surface area contributed by atoms with Crippen molar-refractivity contribution in [2.75, 3.05) is 13.1 Å². The number of amides is 3. The van der Waals surface area contributed by atoms with Gasteiger partial charge in [0.25, 0.3) is 0 Å². The van der Waals surface area contributed by atoms with E-state index < -0.39 is 18.1 Å². The Bertz CT molecular complexity index is 417. The van der Waals surface area contributed by atoms with Gasteiger partial charge in [0.1, 0.15) is 6.04 Å². The molecule has 1 aliphatic rings. The minimum Gasteiger partial charge on any atom is -0.481 e. The molecule has 3 amide bonds. The van der Waals surface area contributed by atoms with Crippen LogP contribution in [0.3, 0.4) is 0 Å². The fraction of sp³-hybridized carbons (Fsp3) is 0.786. The third-order valence-electron chi connectivity index (χ3n) is 3.37. The Morgan fingerprint density at radius 3 is 2.62 bits per heavy atom. The smallest absolute Gasteiger partial charge is 0.318 e. The highest BCUT2D eigenvalue weighted by Crippen LogP contribution is 2.22. The maximum Gasteiger partial charge on any atom is 0.318 e. The van der Waals surface area contributed by atoms with E-state index in [1.165, 1.54) is 4.90 Å². The van der Waals surface area contributed by atoms with Gasteiger partial charge in [-0.2, -0.15) is 0 Å². The topological polar surface area (TPSA) is 98.7 Å². The summed E-state index contributed by atoms with van der Waals surface area (Å²) >= 11 is 0. The third kappa shape index (κ3) is 5.61. The van der Waals surface area contributed by atoms with E-state index in [0.717, 1.165) is 0 Å². The van der Waals surface area contributed by atoms with Gasteiger partial charge in [0, 0.05) is 19.1 Å². The van der Waals surface area contributed by atoms with E-state index in [1.54, 1.807) is 6.92 Å². The van der Waals surface area contributed by atoms with E-state index in [2.05, 4.69) is 10.6 Å². The first kappa shape index (κ1) is 17.3. The second kappa shape index (κ2) is 6.78. The van der Waals surface area contributed by atoms with Gasteiger partial charge in [-0.05, 0) is 18.8 Å². The van der Waals surface area contributed by atoms with Gasteiger partial charge in [0.15, 0.2) is 0 Å². The summed E-state index contributed by atoms with van der Waals surface area (Å²) in [7, 11) is 0. The van der Waals surface area contributed by atoms with Gasteiger partial charge in [-0.25, -0.2) is 4.79 Å². The highest BCUT2D eigenvalue weighted by atomic mass is 16.4. The Hall–Kier alpha value is -1.79. The predicted molar refractivity (Wildman–Crippen MR) is 77.8 cm³/mol. The lowest BCUT2D eigenvalue weighted by Crippen LogP contribution is -2.59. The fourth-order valence-electron chi connectivity index (χ4n) is 2.44. The summed E-state index contributed by atoms with van der Waals surface area (Å²) in [5.41, 5.74) is -0.0989. The van der Waals surface area contributed by atoms with E-state index in [4.69, 9.17) is 5.11 Å². The molecule has 0 saturated carbocycles. The number of hydrogen-bond acceptors (Lipinski definition) is 3. The molecule has 7 heteroatoms. The van der Waals surface area contributed by atoms with E-state index in [1.807, 2.05) is 20.8 Å². The number of nitrogens with zero attached hydrogens (tertiary/aromatic N) is 1. The summed E-state index contributed by atoms with van der Waals surface area (Å²) in [6, 6.07) is -1.38. The molecule has 0 radical (unpaired) electrons. The fourth-order valence-corrected chi connectivity index (χ4v) is 2.44. The molecule has 1 aliphatic heterocycles. The van der Waals surface area contributed by atoms with Crippen LogP contribution in [0.1, 0.15) is 40.5 Å².